The molecule has 0 aromatic heterocycles. The van der Waals surface area contributed by atoms with Crippen molar-refractivity contribution in [2.24, 2.45) is 0 Å². The van der Waals surface area contributed by atoms with E-state index in [1.54, 1.807) is 0 Å². The lowest BCUT2D eigenvalue weighted by molar-refractivity contribution is 0.335. The van der Waals surface area contributed by atoms with E-state index in [1.807, 2.05) is 0 Å². The lowest BCUT2D eigenvalue weighted by Gasteiger charge is -2.12. The van der Waals surface area contributed by atoms with Gasteiger partial charge in [-0.05, 0) is 45.3 Å². The van der Waals surface area contributed by atoms with Crippen LogP contribution < -0.4 is 0 Å². The summed E-state index contributed by atoms with van der Waals surface area (Å²) in [7, 11) is 0. The lowest BCUT2D eigenvalue weighted by Crippen LogP contribution is -2.19. The molecular formula is C9H14N. The van der Waals surface area contributed by atoms with Crippen molar-refractivity contribution in [2.75, 3.05) is 19.6 Å². The van der Waals surface area contributed by atoms with Gasteiger partial charge in [0.15, 0.2) is 0 Å². The Morgan fingerprint density at radius 1 is 1.30 bits per heavy atom. The van der Waals surface area contributed by atoms with E-state index in [1.165, 1.54) is 32.5 Å². The summed E-state index contributed by atoms with van der Waals surface area (Å²) >= 11 is 0. The molecule has 1 heteroatoms. The van der Waals surface area contributed by atoms with E-state index in [0.29, 0.717) is 0 Å². The van der Waals surface area contributed by atoms with Crippen LogP contribution in [0.5, 0.6) is 0 Å². The molecule has 1 heterocycles. The van der Waals surface area contributed by atoms with Crippen LogP contribution in [0.1, 0.15) is 25.7 Å². The third-order valence-electron chi connectivity index (χ3n) is 1.97. The number of rotatable bonds is 3. The van der Waals surface area contributed by atoms with Crippen molar-refractivity contribution in [2.45, 2.75) is 25.7 Å². The molecule has 0 atom stereocenters. The largest absolute Gasteiger partial charge is 0.303 e. The molecule has 1 fully saturated rings. The highest BCUT2D eigenvalue weighted by molar-refractivity contribution is 4.76. The van der Waals surface area contributed by atoms with Gasteiger partial charge in [0.05, 0.1) is 0 Å². The molecule has 0 aliphatic carbocycles. The maximum atomic E-state index is 6.71. The normalized spacial score (nSPS) is 19.1. The van der Waals surface area contributed by atoms with Crippen LogP contribution >= 0.6 is 0 Å². The average molecular weight is 136 g/mol. The number of unbranched alkanes of at least 4 members (excludes halogenated alkanes) is 1. The van der Waals surface area contributed by atoms with Gasteiger partial charge in [0, 0.05) is 6.42 Å². The third kappa shape index (κ3) is 2.41. The summed E-state index contributed by atoms with van der Waals surface area (Å²) in [6.07, 6.45) is 11.4. The second kappa shape index (κ2) is 4.35. The van der Waals surface area contributed by atoms with Crippen LogP contribution in [0.25, 0.3) is 0 Å². The van der Waals surface area contributed by atoms with Crippen LogP contribution in [0.4, 0.5) is 0 Å². The Labute approximate surface area is 63.4 Å². The minimum absolute atomic E-state index is 0.830. The average Bonchev–Trinajstić information content (AvgIpc) is 2.41. The number of nitrogens with zero attached hydrogens (tertiary/aromatic N) is 1. The first kappa shape index (κ1) is 7.63. The smallest absolute Gasteiger partial charge is 0.0111 e. The van der Waals surface area contributed by atoms with Crippen molar-refractivity contribution >= 4 is 0 Å². The minimum Gasteiger partial charge on any atom is -0.303 e. The Morgan fingerprint density at radius 2 is 2.00 bits per heavy atom. The van der Waals surface area contributed by atoms with Crippen molar-refractivity contribution in [3.05, 3.63) is 6.42 Å². The maximum absolute atomic E-state index is 6.71. The number of hydrogen-bond donors (Lipinski definition) is 0. The molecule has 0 unspecified atom stereocenters. The predicted molar refractivity (Wildman–Crippen MR) is 42.0 cm³/mol. The van der Waals surface area contributed by atoms with Gasteiger partial charge < -0.3 is 4.90 Å². The SMILES string of the molecule is [C]#CCCCN1CCCC1. The summed E-state index contributed by atoms with van der Waals surface area (Å²) in [5, 5.41) is 0. The van der Waals surface area contributed by atoms with Crippen LogP contribution in [0.3, 0.4) is 0 Å². The van der Waals surface area contributed by atoms with Crippen molar-refractivity contribution in [3.63, 3.8) is 0 Å². The summed E-state index contributed by atoms with van der Waals surface area (Å²) in [5.41, 5.74) is 0. The molecular weight excluding hydrogens is 122 g/mol. The molecule has 0 aromatic rings. The van der Waals surface area contributed by atoms with Gasteiger partial charge in [-0.3, -0.25) is 0 Å². The second-order valence-corrected chi connectivity index (χ2v) is 2.83. The van der Waals surface area contributed by atoms with Crippen LogP contribution in [-0.4, -0.2) is 24.5 Å². The first-order valence-electron chi connectivity index (χ1n) is 4.05. The van der Waals surface area contributed by atoms with E-state index >= 15 is 0 Å². The molecule has 0 amide bonds. The molecule has 0 spiro atoms. The molecule has 1 saturated heterocycles. The summed E-state index contributed by atoms with van der Waals surface area (Å²) in [6.45, 7) is 3.72. The van der Waals surface area contributed by atoms with Gasteiger partial charge >= 0.3 is 0 Å². The quantitative estimate of drug-likeness (QED) is 0.419. The fourth-order valence-electron chi connectivity index (χ4n) is 1.40. The van der Waals surface area contributed by atoms with Crippen molar-refractivity contribution in [3.8, 4) is 5.92 Å². The molecule has 10 heavy (non-hydrogen) atoms. The van der Waals surface area contributed by atoms with Crippen LogP contribution in [-0.2, 0) is 0 Å². The Bertz CT molecular complexity index is 117. The van der Waals surface area contributed by atoms with Crippen molar-refractivity contribution in [1.29, 1.82) is 0 Å². The van der Waals surface area contributed by atoms with Crippen LogP contribution in [0, 0.1) is 12.3 Å². The zero-order chi connectivity index (χ0) is 7.23. The van der Waals surface area contributed by atoms with E-state index in [4.69, 9.17) is 6.42 Å². The molecule has 1 aliphatic rings. The first-order chi connectivity index (χ1) is 4.93. The Balaban J connectivity index is 1.97. The van der Waals surface area contributed by atoms with E-state index in [-0.39, 0.29) is 0 Å². The summed E-state index contributed by atoms with van der Waals surface area (Å²) in [4.78, 5) is 2.47. The second-order valence-electron chi connectivity index (χ2n) is 2.83. The molecule has 0 bridgehead atoms. The fourth-order valence-corrected chi connectivity index (χ4v) is 1.40. The molecule has 0 saturated carbocycles. The monoisotopic (exact) mass is 136 g/mol. The molecule has 55 valence electrons. The van der Waals surface area contributed by atoms with Gasteiger partial charge in [-0.2, -0.15) is 0 Å². The molecule has 1 aliphatic heterocycles. The lowest BCUT2D eigenvalue weighted by atomic mass is 10.3. The highest BCUT2D eigenvalue weighted by Gasteiger charge is 2.09. The first-order valence-corrected chi connectivity index (χ1v) is 4.05. The Morgan fingerprint density at radius 3 is 2.60 bits per heavy atom. The summed E-state index contributed by atoms with van der Waals surface area (Å²) in [6, 6.07) is 0. The zero-order valence-corrected chi connectivity index (χ0v) is 6.40. The molecule has 0 aromatic carbocycles. The highest BCUT2D eigenvalue weighted by atomic mass is 15.1. The Hall–Kier alpha value is -0.480. The van der Waals surface area contributed by atoms with Gasteiger partial charge in [-0.15, -0.1) is 0 Å². The van der Waals surface area contributed by atoms with E-state index in [9.17, 15) is 0 Å². The molecule has 1 rings (SSSR count). The summed E-state index contributed by atoms with van der Waals surface area (Å²) < 4.78 is 0. The van der Waals surface area contributed by atoms with E-state index in [0.717, 1.165) is 12.8 Å². The van der Waals surface area contributed by atoms with Crippen LogP contribution in [0.2, 0.25) is 0 Å². The Kier molecular flexibility index (Phi) is 3.32. The topological polar surface area (TPSA) is 3.24 Å². The van der Waals surface area contributed by atoms with Crippen molar-refractivity contribution < 1.29 is 0 Å². The standard InChI is InChI=1S/C9H14N/c1-2-3-4-7-10-8-5-6-9-10/h3-9H2. The zero-order valence-electron chi connectivity index (χ0n) is 6.40. The van der Waals surface area contributed by atoms with Crippen molar-refractivity contribution in [1.82, 2.24) is 4.90 Å². The highest BCUT2D eigenvalue weighted by Crippen LogP contribution is 2.07. The summed E-state index contributed by atoms with van der Waals surface area (Å²) in [5.74, 6) is 2.41. The van der Waals surface area contributed by atoms with Crippen LogP contribution in [0.15, 0.2) is 0 Å². The predicted octanol–water partition coefficient (Wildman–Crippen LogP) is 1.45. The molecule has 1 radical (unpaired) electrons. The molecule has 1 nitrogen and oxygen atoms in total. The minimum atomic E-state index is 0.830. The van der Waals surface area contributed by atoms with Gasteiger partial charge in [0.1, 0.15) is 0 Å². The fraction of sp³-hybridized carbons (Fsp3) is 0.778. The van der Waals surface area contributed by atoms with Gasteiger partial charge in [0.2, 0.25) is 0 Å². The van der Waals surface area contributed by atoms with E-state index in [2.05, 4.69) is 10.8 Å². The number of hydrogen-bond acceptors (Lipinski definition) is 1. The van der Waals surface area contributed by atoms with Gasteiger partial charge in [-0.25, -0.2) is 0 Å². The van der Waals surface area contributed by atoms with Gasteiger partial charge in [-0.1, -0.05) is 5.92 Å². The third-order valence-corrected chi connectivity index (χ3v) is 1.97. The maximum Gasteiger partial charge on any atom is 0.0111 e. The van der Waals surface area contributed by atoms with Gasteiger partial charge in [0.25, 0.3) is 0 Å². The molecule has 0 N–H and O–H groups in total. The number of likely N-dealkylation sites (tertiary alicyclic amines) is 1. The van der Waals surface area contributed by atoms with E-state index < -0.39 is 0 Å².